The molecule has 0 fully saturated rings. The van der Waals surface area contributed by atoms with Crippen LogP contribution in [0, 0.1) is 5.82 Å². The lowest BCUT2D eigenvalue weighted by molar-refractivity contribution is 0.0978. The van der Waals surface area contributed by atoms with E-state index >= 15 is 0 Å². The van der Waals surface area contributed by atoms with Crippen molar-refractivity contribution in [3.8, 4) is 28.7 Å². The number of rotatable bonds is 10. The number of methoxy groups -OCH3 is 1. The molecule has 6 nitrogen and oxygen atoms in total. The van der Waals surface area contributed by atoms with Crippen molar-refractivity contribution in [1.29, 1.82) is 0 Å². The number of carbonyl (C=O) groups excluding carboxylic acids is 1. The van der Waals surface area contributed by atoms with Crippen LogP contribution in [0.5, 0.6) is 17.2 Å². The largest absolute Gasteiger partial charge is 0.493 e. The van der Waals surface area contributed by atoms with E-state index < -0.39 is 5.82 Å². The molecule has 0 spiro atoms. The van der Waals surface area contributed by atoms with Crippen LogP contribution in [0.15, 0.2) is 47.1 Å². The molecule has 0 aliphatic carbocycles. The normalized spacial score (nSPS) is 10.7. The second-order valence-electron chi connectivity index (χ2n) is 6.44. The summed E-state index contributed by atoms with van der Waals surface area (Å²) in [6.07, 6.45) is 2.12. The molecule has 3 aromatic rings. The molecule has 0 aliphatic rings. The molecule has 0 saturated carbocycles. The van der Waals surface area contributed by atoms with Crippen molar-refractivity contribution in [2.24, 2.45) is 0 Å². The SMILES string of the molecule is CCOc1cc(-c2nc(CCC(=O)c3ccc(F)cc3OCC)co2)ccc1OC. The lowest BCUT2D eigenvalue weighted by Crippen LogP contribution is -2.06. The van der Waals surface area contributed by atoms with Crippen molar-refractivity contribution < 1.29 is 27.8 Å². The van der Waals surface area contributed by atoms with Gasteiger partial charge in [-0.25, -0.2) is 9.37 Å². The molecule has 0 bridgehead atoms. The summed E-state index contributed by atoms with van der Waals surface area (Å²) in [7, 11) is 1.58. The Bertz CT molecular complexity index is 1010. The van der Waals surface area contributed by atoms with Crippen molar-refractivity contribution in [2.45, 2.75) is 26.7 Å². The van der Waals surface area contributed by atoms with Gasteiger partial charge < -0.3 is 18.6 Å². The number of hydrogen-bond acceptors (Lipinski definition) is 6. The number of aromatic nitrogens is 1. The molecule has 0 atom stereocenters. The molecular weight excluding hydrogens is 389 g/mol. The third kappa shape index (κ3) is 4.97. The lowest BCUT2D eigenvalue weighted by atomic mass is 10.0. The van der Waals surface area contributed by atoms with Gasteiger partial charge in [0, 0.05) is 24.5 Å². The van der Waals surface area contributed by atoms with Crippen molar-refractivity contribution in [3.05, 3.63) is 59.7 Å². The number of oxazole rings is 1. The molecule has 0 N–H and O–H groups in total. The van der Waals surface area contributed by atoms with Crippen molar-refractivity contribution >= 4 is 5.78 Å². The van der Waals surface area contributed by atoms with E-state index in [1.807, 2.05) is 13.0 Å². The molecule has 0 unspecified atom stereocenters. The van der Waals surface area contributed by atoms with Crippen LogP contribution in [-0.2, 0) is 6.42 Å². The first kappa shape index (κ1) is 21.4. The molecule has 0 radical (unpaired) electrons. The number of ketones is 1. The minimum absolute atomic E-state index is 0.147. The van der Waals surface area contributed by atoms with Gasteiger partial charge in [0.15, 0.2) is 17.3 Å². The van der Waals surface area contributed by atoms with E-state index in [0.29, 0.717) is 48.3 Å². The van der Waals surface area contributed by atoms with Gasteiger partial charge in [0.05, 0.1) is 31.6 Å². The fraction of sp³-hybridized carbons (Fsp3) is 0.304. The Labute approximate surface area is 174 Å². The monoisotopic (exact) mass is 413 g/mol. The first-order valence-electron chi connectivity index (χ1n) is 9.76. The summed E-state index contributed by atoms with van der Waals surface area (Å²) >= 11 is 0. The van der Waals surface area contributed by atoms with E-state index in [0.717, 1.165) is 5.56 Å². The number of nitrogens with zero attached hydrogens (tertiary/aromatic N) is 1. The van der Waals surface area contributed by atoms with Gasteiger partial charge in [0.25, 0.3) is 0 Å². The minimum Gasteiger partial charge on any atom is -0.493 e. The van der Waals surface area contributed by atoms with Crippen LogP contribution in [-0.4, -0.2) is 31.1 Å². The third-order valence-electron chi connectivity index (χ3n) is 4.41. The molecule has 0 aliphatic heterocycles. The molecule has 1 aromatic heterocycles. The van der Waals surface area contributed by atoms with Crippen LogP contribution in [0.1, 0.15) is 36.3 Å². The van der Waals surface area contributed by atoms with Gasteiger partial charge in [-0.2, -0.15) is 0 Å². The Morgan fingerprint density at radius 2 is 1.80 bits per heavy atom. The maximum absolute atomic E-state index is 13.4. The van der Waals surface area contributed by atoms with Gasteiger partial charge in [-0.3, -0.25) is 4.79 Å². The highest BCUT2D eigenvalue weighted by Crippen LogP contribution is 2.32. The van der Waals surface area contributed by atoms with E-state index in [1.54, 1.807) is 26.2 Å². The van der Waals surface area contributed by atoms with Crippen LogP contribution >= 0.6 is 0 Å². The van der Waals surface area contributed by atoms with Crippen LogP contribution in [0.4, 0.5) is 4.39 Å². The topological polar surface area (TPSA) is 70.8 Å². The smallest absolute Gasteiger partial charge is 0.226 e. The quantitative estimate of drug-likeness (QED) is 0.431. The summed E-state index contributed by atoms with van der Waals surface area (Å²) in [5.74, 6) is 1.32. The second-order valence-corrected chi connectivity index (χ2v) is 6.44. The fourth-order valence-electron chi connectivity index (χ4n) is 3.01. The van der Waals surface area contributed by atoms with Crippen molar-refractivity contribution in [2.75, 3.05) is 20.3 Å². The highest BCUT2D eigenvalue weighted by Gasteiger charge is 2.16. The van der Waals surface area contributed by atoms with E-state index in [9.17, 15) is 9.18 Å². The predicted octanol–water partition coefficient (Wildman–Crippen LogP) is 5.10. The number of aryl methyl sites for hydroxylation is 1. The summed E-state index contributed by atoms with van der Waals surface area (Å²) in [5.41, 5.74) is 1.75. The summed E-state index contributed by atoms with van der Waals surface area (Å²) in [6.45, 7) is 4.53. The standard InChI is InChI=1S/C23H24FNO5/c1-4-28-21-13-16(24)7-9-18(21)19(26)10-8-17-14-30-23(25-17)15-6-11-20(27-3)22(12-15)29-5-2/h6-7,9,11-14H,4-5,8,10H2,1-3H3. The number of hydrogen-bond donors (Lipinski definition) is 0. The zero-order valence-corrected chi connectivity index (χ0v) is 17.2. The van der Waals surface area contributed by atoms with Crippen LogP contribution < -0.4 is 14.2 Å². The maximum atomic E-state index is 13.4. The molecule has 1 heterocycles. The zero-order valence-electron chi connectivity index (χ0n) is 17.2. The van der Waals surface area contributed by atoms with Gasteiger partial charge in [0.1, 0.15) is 17.8 Å². The number of halogens is 1. The summed E-state index contributed by atoms with van der Waals surface area (Å²) < 4.78 is 35.3. The number of benzene rings is 2. The summed E-state index contributed by atoms with van der Waals surface area (Å²) in [5, 5.41) is 0. The predicted molar refractivity (Wildman–Crippen MR) is 110 cm³/mol. The van der Waals surface area contributed by atoms with Crippen LogP contribution in [0.25, 0.3) is 11.5 Å². The Morgan fingerprint density at radius 3 is 2.53 bits per heavy atom. The minimum atomic E-state index is -0.443. The number of ether oxygens (including phenoxy) is 3. The molecule has 3 rings (SSSR count). The summed E-state index contributed by atoms with van der Waals surface area (Å²) in [4.78, 5) is 17.1. The number of carbonyl (C=O) groups is 1. The van der Waals surface area contributed by atoms with Crippen LogP contribution in [0.2, 0.25) is 0 Å². The molecule has 158 valence electrons. The van der Waals surface area contributed by atoms with E-state index in [4.69, 9.17) is 18.6 Å². The molecule has 2 aromatic carbocycles. The third-order valence-corrected chi connectivity index (χ3v) is 4.41. The molecule has 0 amide bonds. The van der Waals surface area contributed by atoms with Gasteiger partial charge >= 0.3 is 0 Å². The van der Waals surface area contributed by atoms with Gasteiger partial charge in [-0.05, 0) is 44.2 Å². The molecule has 30 heavy (non-hydrogen) atoms. The first-order chi connectivity index (χ1) is 14.5. The average molecular weight is 413 g/mol. The van der Waals surface area contributed by atoms with Crippen molar-refractivity contribution in [3.63, 3.8) is 0 Å². The van der Waals surface area contributed by atoms with Gasteiger partial charge in [-0.1, -0.05) is 0 Å². The average Bonchev–Trinajstić information content (AvgIpc) is 3.22. The number of Topliss-reactive ketones (excluding diaryl/α,β-unsaturated/α-hetero) is 1. The van der Waals surface area contributed by atoms with Gasteiger partial charge in [0.2, 0.25) is 5.89 Å². The Kier molecular flexibility index (Phi) is 7.06. The summed E-state index contributed by atoms with van der Waals surface area (Å²) in [6, 6.07) is 9.35. The van der Waals surface area contributed by atoms with E-state index in [2.05, 4.69) is 4.98 Å². The Balaban J connectivity index is 1.71. The highest BCUT2D eigenvalue weighted by molar-refractivity contribution is 5.98. The lowest BCUT2D eigenvalue weighted by Gasteiger charge is -2.09. The Morgan fingerprint density at radius 1 is 1.03 bits per heavy atom. The Hall–Kier alpha value is -3.35. The van der Waals surface area contributed by atoms with E-state index in [1.165, 1.54) is 24.5 Å². The van der Waals surface area contributed by atoms with Crippen molar-refractivity contribution in [1.82, 2.24) is 4.98 Å². The fourth-order valence-corrected chi connectivity index (χ4v) is 3.01. The first-order valence-corrected chi connectivity index (χ1v) is 9.76. The second kappa shape index (κ2) is 9.91. The molecular formula is C23H24FNO5. The molecule has 7 heteroatoms. The highest BCUT2D eigenvalue weighted by atomic mass is 19.1. The zero-order chi connectivity index (χ0) is 21.5. The molecule has 0 saturated heterocycles. The maximum Gasteiger partial charge on any atom is 0.226 e. The van der Waals surface area contributed by atoms with E-state index in [-0.39, 0.29) is 18.0 Å². The van der Waals surface area contributed by atoms with Crippen LogP contribution in [0.3, 0.4) is 0 Å². The van der Waals surface area contributed by atoms with Gasteiger partial charge in [-0.15, -0.1) is 0 Å².